The number of nitrogens with zero attached hydrogens (tertiary/aromatic N) is 1. The molecule has 0 saturated heterocycles. The summed E-state index contributed by atoms with van der Waals surface area (Å²) < 4.78 is 1.50. The second kappa shape index (κ2) is 2.82. The van der Waals surface area contributed by atoms with Crippen molar-refractivity contribution in [1.29, 1.82) is 5.53 Å². The second-order valence-electron chi connectivity index (χ2n) is 1.17. The molecule has 0 aliphatic rings. The third-order valence-corrected chi connectivity index (χ3v) is 0.763. The monoisotopic (exact) mass is 87.1 g/mol. The maximum absolute atomic E-state index is 6.90. The first-order chi connectivity index (χ1) is 2.81. The van der Waals surface area contributed by atoms with Gasteiger partial charge in [-0.1, -0.05) is 5.53 Å². The van der Waals surface area contributed by atoms with Gasteiger partial charge >= 0.3 is 0 Å². The van der Waals surface area contributed by atoms with Crippen molar-refractivity contribution in [3.8, 4) is 0 Å². The minimum atomic E-state index is 0.830. The molecule has 0 aliphatic heterocycles. The van der Waals surface area contributed by atoms with Crippen molar-refractivity contribution >= 4 is 0 Å². The van der Waals surface area contributed by atoms with Crippen molar-refractivity contribution in [2.75, 3.05) is 13.1 Å². The van der Waals surface area contributed by atoms with Crippen LogP contribution in [-0.2, 0) is 0 Å². The summed E-state index contributed by atoms with van der Waals surface area (Å²) >= 11 is 0. The average Bonchev–Trinajstić information content (AvgIpc) is 1.65. The lowest BCUT2D eigenvalue weighted by atomic mass is 10.7. The largest absolute Gasteiger partial charge is 0.165 e. The number of hydrogen-bond acceptors (Lipinski definition) is 1. The Morgan fingerprint density at radius 3 is 1.67 bits per heavy atom. The Morgan fingerprint density at radius 1 is 1.33 bits per heavy atom. The summed E-state index contributed by atoms with van der Waals surface area (Å²) in [6.07, 6.45) is 0. The molecule has 0 rings (SSSR count). The normalized spacial score (nSPS) is 8.33. The van der Waals surface area contributed by atoms with Crippen LogP contribution in [0.5, 0.6) is 0 Å². The van der Waals surface area contributed by atoms with Crippen LogP contribution in [0.2, 0.25) is 0 Å². The molecule has 1 N–H and O–H groups in total. The molecule has 36 valence electrons. The second-order valence-corrected chi connectivity index (χ2v) is 1.17. The average molecular weight is 87.1 g/mol. The zero-order chi connectivity index (χ0) is 4.99. The van der Waals surface area contributed by atoms with Crippen LogP contribution in [0.1, 0.15) is 13.8 Å². The van der Waals surface area contributed by atoms with Crippen LogP contribution >= 0.6 is 0 Å². The summed E-state index contributed by atoms with van der Waals surface area (Å²) in [6.45, 7) is 5.60. The molecule has 0 aromatic carbocycles. The SMILES string of the molecule is CC[N+](=N)CC. The summed E-state index contributed by atoms with van der Waals surface area (Å²) in [4.78, 5) is 0. The number of nitrogens with one attached hydrogen (secondary N) is 1. The maximum Gasteiger partial charge on any atom is 0.165 e. The van der Waals surface area contributed by atoms with E-state index in [0.717, 1.165) is 13.1 Å². The lowest BCUT2D eigenvalue weighted by Crippen LogP contribution is -2.03. The van der Waals surface area contributed by atoms with Crippen molar-refractivity contribution < 1.29 is 4.70 Å². The van der Waals surface area contributed by atoms with Crippen molar-refractivity contribution in [2.45, 2.75) is 13.8 Å². The van der Waals surface area contributed by atoms with Crippen LogP contribution in [-0.4, -0.2) is 17.8 Å². The van der Waals surface area contributed by atoms with Gasteiger partial charge in [0.1, 0.15) is 0 Å². The summed E-state index contributed by atoms with van der Waals surface area (Å²) in [6, 6.07) is 0. The summed E-state index contributed by atoms with van der Waals surface area (Å²) in [5.41, 5.74) is 6.90. The molecular formula is C4H11N2+. The first-order valence-electron chi connectivity index (χ1n) is 2.27. The highest BCUT2D eigenvalue weighted by Crippen LogP contribution is 1.66. The highest BCUT2D eigenvalue weighted by Gasteiger charge is 1.86. The Balaban J connectivity index is 2.99. The Hall–Kier alpha value is -0.400. The van der Waals surface area contributed by atoms with Crippen LogP contribution in [0, 0.1) is 5.53 Å². The van der Waals surface area contributed by atoms with E-state index in [1.54, 1.807) is 0 Å². The van der Waals surface area contributed by atoms with E-state index in [0.29, 0.717) is 0 Å². The van der Waals surface area contributed by atoms with E-state index in [2.05, 4.69) is 0 Å². The number of hydrogen-bond donors (Lipinski definition) is 1. The molecule has 2 heteroatoms. The van der Waals surface area contributed by atoms with Crippen LogP contribution < -0.4 is 0 Å². The van der Waals surface area contributed by atoms with E-state index in [4.69, 9.17) is 5.53 Å². The topological polar surface area (TPSA) is 26.9 Å². The molecule has 0 unspecified atom stereocenters. The Labute approximate surface area is 38.3 Å². The molecule has 0 heterocycles. The van der Waals surface area contributed by atoms with E-state index in [1.165, 1.54) is 4.70 Å². The van der Waals surface area contributed by atoms with E-state index >= 15 is 0 Å². The van der Waals surface area contributed by atoms with Gasteiger partial charge in [-0.3, -0.25) is 0 Å². The van der Waals surface area contributed by atoms with Gasteiger partial charge in [0, 0.05) is 0 Å². The smallest absolute Gasteiger partial charge is 0.131 e. The minimum absolute atomic E-state index is 0.830. The Bertz CT molecular complexity index is 43.5. The van der Waals surface area contributed by atoms with Gasteiger partial charge in [-0.2, -0.15) is 0 Å². The Kier molecular flexibility index (Phi) is 2.63. The van der Waals surface area contributed by atoms with Gasteiger partial charge in [-0.25, -0.2) is 0 Å². The molecule has 0 fully saturated rings. The summed E-state index contributed by atoms with van der Waals surface area (Å²) in [7, 11) is 0. The lowest BCUT2D eigenvalue weighted by molar-refractivity contribution is -0.608. The molecule has 0 radical (unpaired) electrons. The molecule has 2 nitrogen and oxygen atoms in total. The first-order valence-corrected chi connectivity index (χ1v) is 2.27. The molecule has 0 saturated carbocycles. The van der Waals surface area contributed by atoms with Gasteiger partial charge in [-0.15, -0.1) is 4.70 Å². The third kappa shape index (κ3) is 1.88. The van der Waals surface area contributed by atoms with Crippen LogP contribution in [0.15, 0.2) is 0 Å². The lowest BCUT2D eigenvalue weighted by Gasteiger charge is -1.81. The fourth-order valence-electron chi connectivity index (χ4n) is 0.224. The Morgan fingerprint density at radius 2 is 1.67 bits per heavy atom. The first kappa shape index (κ1) is 5.60. The fourth-order valence-corrected chi connectivity index (χ4v) is 0.224. The molecule has 6 heavy (non-hydrogen) atoms. The van der Waals surface area contributed by atoms with E-state index < -0.39 is 0 Å². The molecular weight excluding hydrogens is 76.1 g/mol. The maximum atomic E-state index is 6.90. The predicted molar refractivity (Wildman–Crippen MR) is 24.1 cm³/mol. The highest BCUT2D eigenvalue weighted by molar-refractivity contribution is 4.00. The van der Waals surface area contributed by atoms with Crippen LogP contribution in [0.25, 0.3) is 0 Å². The van der Waals surface area contributed by atoms with Crippen molar-refractivity contribution in [1.82, 2.24) is 0 Å². The van der Waals surface area contributed by atoms with Gasteiger partial charge in [-0.05, 0) is 13.8 Å². The quantitative estimate of drug-likeness (QED) is 0.385. The zero-order valence-electron chi connectivity index (χ0n) is 4.36. The molecule has 0 aromatic rings. The molecule has 0 aliphatic carbocycles. The number of rotatable bonds is 2. The standard InChI is InChI=1S/C4H11N2/c1-3-6(5)4-2/h5H,3-4H2,1-2H3/q+1. The van der Waals surface area contributed by atoms with Gasteiger partial charge < -0.3 is 0 Å². The van der Waals surface area contributed by atoms with Gasteiger partial charge in [0.05, 0.1) is 0 Å². The highest BCUT2D eigenvalue weighted by atomic mass is 15.2. The van der Waals surface area contributed by atoms with E-state index in [1.807, 2.05) is 13.8 Å². The molecule has 0 bridgehead atoms. The fraction of sp³-hybridized carbons (Fsp3) is 1.00. The molecule has 0 atom stereocenters. The van der Waals surface area contributed by atoms with E-state index in [-0.39, 0.29) is 0 Å². The molecule has 0 aromatic heterocycles. The molecule has 0 spiro atoms. The summed E-state index contributed by atoms with van der Waals surface area (Å²) in [5, 5.41) is 0. The molecule has 0 amide bonds. The third-order valence-electron chi connectivity index (χ3n) is 0.763. The van der Waals surface area contributed by atoms with Crippen LogP contribution in [0.3, 0.4) is 0 Å². The minimum Gasteiger partial charge on any atom is -0.131 e. The van der Waals surface area contributed by atoms with Gasteiger partial charge in [0.15, 0.2) is 13.1 Å². The summed E-state index contributed by atoms with van der Waals surface area (Å²) in [5.74, 6) is 0. The van der Waals surface area contributed by atoms with Gasteiger partial charge in [0.2, 0.25) is 0 Å². The van der Waals surface area contributed by atoms with E-state index in [9.17, 15) is 0 Å². The zero-order valence-corrected chi connectivity index (χ0v) is 4.36. The van der Waals surface area contributed by atoms with Crippen molar-refractivity contribution in [3.63, 3.8) is 0 Å². The van der Waals surface area contributed by atoms with Crippen molar-refractivity contribution in [3.05, 3.63) is 0 Å². The van der Waals surface area contributed by atoms with Crippen LogP contribution in [0.4, 0.5) is 0 Å². The van der Waals surface area contributed by atoms with Gasteiger partial charge in [0.25, 0.3) is 0 Å². The predicted octanol–water partition coefficient (Wildman–Crippen LogP) is 1.07. The van der Waals surface area contributed by atoms with Crippen molar-refractivity contribution in [2.24, 2.45) is 0 Å².